The van der Waals surface area contributed by atoms with E-state index in [1.807, 2.05) is 46.8 Å². The largest absolute Gasteiger partial charge is 0.300 e. The molecule has 0 heterocycles. The van der Waals surface area contributed by atoms with Crippen molar-refractivity contribution in [2.24, 2.45) is 5.92 Å². The van der Waals surface area contributed by atoms with Gasteiger partial charge in [0.15, 0.2) is 0 Å². The summed E-state index contributed by atoms with van der Waals surface area (Å²) in [6.45, 7) is 18.3. The summed E-state index contributed by atoms with van der Waals surface area (Å²) in [5.41, 5.74) is 3.69. The van der Waals surface area contributed by atoms with Crippen molar-refractivity contribution in [3.63, 3.8) is 0 Å². The highest BCUT2D eigenvalue weighted by atomic mass is 19.1. The fourth-order valence-electron chi connectivity index (χ4n) is 1.96. The Labute approximate surface area is 149 Å². The minimum Gasteiger partial charge on any atom is -0.300 e. The summed E-state index contributed by atoms with van der Waals surface area (Å²) in [6, 6.07) is 3.41. The average Bonchev–Trinajstić information content (AvgIpc) is 2.54. The van der Waals surface area contributed by atoms with Crippen LogP contribution in [0.3, 0.4) is 0 Å². The lowest BCUT2D eigenvalue weighted by molar-refractivity contribution is 0.600. The lowest BCUT2D eigenvalue weighted by Gasteiger charge is -2.11. The van der Waals surface area contributed by atoms with Gasteiger partial charge in [-0.2, -0.15) is 0 Å². The Bertz CT molecular complexity index is 487. The molecule has 0 fully saturated rings. The molecule has 0 aromatic heterocycles. The molecule has 0 saturated heterocycles. The Morgan fingerprint density at radius 1 is 1.21 bits per heavy atom. The number of hydrogen-bond donors (Lipinski definition) is 1. The molecule has 1 aromatic rings. The summed E-state index contributed by atoms with van der Waals surface area (Å²) < 4.78 is 14.0. The van der Waals surface area contributed by atoms with E-state index in [-0.39, 0.29) is 5.82 Å². The van der Waals surface area contributed by atoms with Crippen LogP contribution in [0.5, 0.6) is 0 Å². The molecule has 0 radical (unpaired) electrons. The molecule has 24 heavy (non-hydrogen) atoms. The summed E-state index contributed by atoms with van der Waals surface area (Å²) in [4.78, 5) is 0. The third-order valence-corrected chi connectivity index (χ3v) is 3.31. The van der Waals surface area contributed by atoms with Gasteiger partial charge >= 0.3 is 0 Å². The molecule has 2 heteroatoms. The first-order chi connectivity index (χ1) is 11.2. The van der Waals surface area contributed by atoms with Crippen molar-refractivity contribution in [3.05, 3.63) is 46.3 Å². The molecule has 1 aromatic carbocycles. The van der Waals surface area contributed by atoms with Gasteiger partial charge in [-0.1, -0.05) is 54.0 Å². The van der Waals surface area contributed by atoms with E-state index in [2.05, 4.69) is 27.7 Å². The van der Waals surface area contributed by atoms with Crippen LogP contribution in [0.4, 0.5) is 4.39 Å². The first-order valence-electron chi connectivity index (χ1n) is 9.25. The third kappa shape index (κ3) is 9.64. The normalized spacial score (nSPS) is 10.5. The fraction of sp³-hybridized carbons (Fsp3) is 0.591. The maximum absolute atomic E-state index is 14.0. The highest BCUT2D eigenvalue weighted by Gasteiger charge is 2.11. The molecule has 0 atom stereocenters. The lowest BCUT2D eigenvalue weighted by Crippen LogP contribution is -2.05. The van der Waals surface area contributed by atoms with Gasteiger partial charge < -0.3 is 5.41 Å². The first kappa shape index (κ1) is 24.8. The van der Waals surface area contributed by atoms with Crippen LogP contribution >= 0.6 is 0 Å². The molecule has 138 valence electrons. The minimum absolute atomic E-state index is 0.174. The molecule has 0 amide bonds. The van der Waals surface area contributed by atoms with E-state index in [1.54, 1.807) is 0 Å². The summed E-state index contributed by atoms with van der Waals surface area (Å²) in [6.07, 6.45) is 4.72. The van der Waals surface area contributed by atoms with Gasteiger partial charge in [0.05, 0.1) is 5.71 Å². The molecular weight excluding hydrogens is 297 g/mol. The van der Waals surface area contributed by atoms with Crippen molar-refractivity contribution in [2.75, 3.05) is 0 Å². The summed E-state index contributed by atoms with van der Waals surface area (Å²) >= 11 is 0. The van der Waals surface area contributed by atoms with Crippen molar-refractivity contribution in [1.29, 1.82) is 5.41 Å². The van der Waals surface area contributed by atoms with Gasteiger partial charge in [-0.05, 0) is 68.4 Å². The van der Waals surface area contributed by atoms with Crippen molar-refractivity contribution in [3.8, 4) is 0 Å². The van der Waals surface area contributed by atoms with Gasteiger partial charge in [-0.15, -0.1) is 0 Å². The number of aryl methyl sites for hydroxylation is 1. The second-order valence-electron chi connectivity index (χ2n) is 6.44. The van der Waals surface area contributed by atoms with E-state index in [9.17, 15) is 4.39 Å². The molecule has 0 bridgehead atoms. The monoisotopic (exact) mass is 335 g/mol. The van der Waals surface area contributed by atoms with Crippen molar-refractivity contribution in [1.82, 2.24) is 0 Å². The average molecular weight is 336 g/mol. The van der Waals surface area contributed by atoms with Crippen LogP contribution in [0.1, 0.15) is 84.9 Å². The van der Waals surface area contributed by atoms with Gasteiger partial charge in [-0.3, -0.25) is 0 Å². The van der Waals surface area contributed by atoms with Crippen LogP contribution in [0.2, 0.25) is 0 Å². The van der Waals surface area contributed by atoms with E-state index in [0.29, 0.717) is 11.3 Å². The van der Waals surface area contributed by atoms with E-state index in [4.69, 9.17) is 5.41 Å². The number of rotatable bonds is 5. The zero-order valence-corrected chi connectivity index (χ0v) is 17.3. The highest BCUT2D eigenvalue weighted by molar-refractivity contribution is 6.10. The lowest BCUT2D eigenvalue weighted by atomic mass is 9.96. The Morgan fingerprint density at radius 3 is 2.08 bits per heavy atom. The topological polar surface area (TPSA) is 23.9 Å². The molecule has 1 rings (SSSR count). The van der Waals surface area contributed by atoms with E-state index in [1.165, 1.54) is 6.07 Å². The maximum atomic E-state index is 14.0. The Hall–Kier alpha value is -1.44. The number of halogens is 1. The molecule has 0 unspecified atom stereocenters. The Balaban J connectivity index is 0. The molecule has 1 nitrogen and oxygen atoms in total. The maximum Gasteiger partial charge on any atom is 0.127 e. The molecule has 0 saturated carbocycles. The standard InChI is InChI=1S/C16H22FN.C4H10.C2H6/c1-5-7-8-14-12(4)9-13(10-15(14)17)16(18)11(3)6-2;1-4(2)3;1-2/h6,9-10,18H,5,7-8H2,1-4H3;4H,1-3H3;1-2H3/b11-6-,18-16?;;. The molecular formula is C22H38FN. The second-order valence-corrected chi connectivity index (χ2v) is 6.44. The quantitative estimate of drug-likeness (QED) is 0.539. The number of hydrogen-bond acceptors (Lipinski definition) is 1. The summed E-state index contributed by atoms with van der Waals surface area (Å²) in [5.74, 6) is 0.659. The number of benzene rings is 1. The summed E-state index contributed by atoms with van der Waals surface area (Å²) in [7, 11) is 0. The van der Waals surface area contributed by atoms with Crippen LogP contribution in [0.25, 0.3) is 0 Å². The van der Waals surface area contributed by atoms with Crippen LogP contribution < -0.4 is 0 Å². The predicted molar refractivity (Wildman–Crippen MR) is 108 cm³/mol. The first-order valence-corrected chi connectivity index (χ1v) is 9.25. The van der Waals surface area contributed by atoms with E-state index < -0.39 is 0 Å². The molecule has 0 aliphatic heterocycles. The van der Waals surface area contributed by atoms with Crippen molar-refractivity contribution < 1.29 is 4.39 Å². The number of allylic oxidation sites excluding steroid dienone is 2. The van der Waals surface area contributed by atoms with Gasteiger partial charge in [0, 0.05) is 5.56 Å². The SMILES string of the molecule is C/C=C(/C)C(=N)c1cc(C)c(CCCC)c(F)c1.CC.CC(C)C. The highest BCUT2D eigenvalue weighted by Crippen LogP contribution is 2.20. The molecule has 1 N–H and O–H groups in total. The van der Waals surface area contributed by atoms with E-state index in [0.717, 1.165) is 41.9 Å². The molecule has 0 aliphatic carbocycles. The van der Waals surface area contributed by atoms with Crippen LogP contribution in [0.15, 0.2) is 23.8 Å². The van der Waals surface area contributed by atoms with Gasteiger partial charge in [-0.25, -0.2) is 4.39 Å². The zero-order valence-electron chi connectivity index (χ0n) is 17.3. The van der Waals surface area contributed by atoms with Gasteiger partial charge in [0.2, 0.25) is 0 Å². The smallest absolute Gasteiger partial charge is 0.127 e. The number of unbranched alkanes of at least 4 members (excludes halogenated alkanes) is 1. The minimum atomic E-state index is -0.174. The van der Waals surface area contributed by atoms with E-state index >= 15 is 0 Å². The Kier molecular flexibility index (Phi) is 14.4. The van der Waals surface area contributed by atoms with Crippen molar-refractivity contribution in [2.45, 2.75) is 81.6 Å². The van der Waals surface area contributed by atoms with Crippen molar-refractivity contribution >= 4 is 5.71 Å². The predicted octanol–water partition coefficient (Wildman–Crippen LogP) is 7.50. The Morgan fingerprint density at radius 2 is 1.71 bits per heavy atom. The van der Waals surface area contributed by atoms with Crippen LogP contribution in [0, 0.1) is 24.1 Å². The van der Waals surface area contributed by atoms with Crippen LogP contribution in [-0.2, 0) is 6.42 Å². The van der Waals surface area contributed by atoms with Gasteiger partial charge in [0.1, 0.15) is 5.82 Å². The molecule has 0 aliphatic rings. The number of nitrogens with one attached hydrogen (secondary N) is 1. The summed E-state index contributed by atoms with van der Waals surface area (Å²) in [5, 5.41) is 8.00. The third-order valence-electron chi connectivity index (χ3n) is 3.31. The zero-order chi connectivity index (χ0) is 19.3. The van der Waals surface area contributed by atoms with Gasteiger partial charge in [0.25, 0.3) is 0 Å². The second kappa shape index (κ2) is 13.9. The fourth-order valence-corrected chi connectivity index (χ4v) is 1.96. The molecule has 0 spiro atoms. The van der Waals surface area contributed by atoms with Crippen LogP contribution in [-0.4, -0.2) is 5.71 Å².